The van der Waals surface area contributed by atoms with Crippen LogP contribution >= 0.6 is 11.8 Å². The van der Waals surface area contributed by atoms with Gasteiger partial charge in [0.1, 0.15) is 5.54 Å². The smallest absolute Gasteiger partial charge is 0.329 e. The zero-order valence-corrected chi connectivity index (χ0v) is 15.5. The molecule has 2 aliphatic rings. The molecule has 26 heavy (non-hydrogen) atoms. The summed E-state index contributed by atoms with van der Waals surface area (Å²) in [6.07, 6.45) is 0.118. The van der Waals surface area contributed by atoms with E-state index in [1.54, 1.807) is 17.8 Å². The molecule has 1 aromatic carbocycles. The number of carboxylic acids is 1. The number of carboxylic acid groups (broad SMARTS) is 1. The van der Waals surface area contributed by atoms with Crippen molar-refractivity contribution >= 4 is 35.2 Å². The predicted octanol–water partition coefficient (Wildman–Crippen LogP) is 1.30. The predicted molar refractivity (Wildman–Crippen MR) is 98.1 cm³/mol. The number of thioether (sulfide) groups is 1. The van der Waals surface area contributed by atoms with E-state index in [4.69, 9.17) is 0 Å². The summed E-state index contributed by atoms with van der Waals surface area (Å²) in [4.78, 5) is 36.7. The van der Waals surface area contributed by atoms with Gasteiger partial charge in [0.2, 0.25) is 5.91 Å². The first-order valence-corrected chi connectivity index (χ1v) is 9.61. The lowest BCUT2D eigenvalue weighted by Gasteiger charge is -2.34. The molecule has 1 saturated heterocycles. The van der Waals surface area contributed by atoms with Crippen molar-refractivity contribution in [1.29, 1.82) is 0 Å². The highest BCUT2D eigenvalue weighted by Gasteiger charge is 2.49. The number of rotatable bonds is 4. The van der Waals surface area contributed by atoms with Crippen LogP contribution in [0, 0.1) is 13.8 Å². The van der Waals surface area contributed by atoms with Gasteiger partial charge in [-0.05, 0) is 43.8 Å². The fourth-order valence-electron chi connectivity index (χ4n) is 3.63. The third kappa shape index (κ3) is 3.07. The van der Waals surface area contributed by atoms with E-state index in [9.17, 15) is 24.6 Å². The lowest BCUT2D eigenvalue weighted by Crippen LogP contribution is -2.57. The summed E-state index contributed by atoms with van der Waals surface area (Å²) in [5, 5.41) is 25.7. The Hall–Kier alpha value is -2.06. The number of hydrogen-bond donors (Lipinski definition) is 4. The monoisotopic (exact) mass is 378 g/mol. The van der Waals surface area contributed by atoms with Crippen molar-refractivity contribution in [1.82, 2.24) is 5.32 Å². The summed E-state index contributed by atoms with van der Waals surface area (Å²) < 4.78 is 0. The number of carbonyl (C=O) groups excluding carboxylic acids is 2. The van der Waals surface area contributed by atoms with Gasteiger partial charge in [0.05, 0.1) is 12.1 Å². The Balaban J connectivity index is 1.85. The number of hydrogen-bond acceptors (Lipinski definition) is 5. The largest absolute Gasteiger partial charge is 0.480 e. The molecule has 1 unspecified atom stereocenters. The zero-order chi connectivity index (χ0) is 19.1. The lowest BCUT2D eigenvalue weighted by atomic mass is 9.87. The van der Waals surface area contributed by atoms with Gasteiger partial charge in [0.15, 0.2) is 5.60 Å². The SMILES string of the molecule is Cc1cc(C)c2c(c1)C(O)(CC(=O)NC1(C(=O)O)CCSCC1)C(=O)N2. The summed E-state index contributed by atoms with van der Waals surface area (Å²) in [6, 6.07) is 3.56. The minimum absolute atomic E-state index is 0.318. The Morgan fingerprint density at radius 1 is 1.27 bits per heavy atom. The van der Waals surface area contributed by atoms with Gasteiger partial charge in [0, 0.05) is 5.56 Å². The normalized spacial score (nSPS) is 23.9. The molecular weight excluding hydrogens is 356 g/mol. The minimum atomic E-state index is -2.00. The molecule has 3 rings (SSSR count). The average Bonchev–Trinajstić information content (AvgIpc) is 2.80. The van der Waals surface area contributed by atoms with Crippen molar-refractivity contribution in [2.75, 3.05) is 16.8 Å². The van der Waals surface area contributed by atoms with Crippen molar-refractivity contribution in [3.8, 4) is 0 Å². The second kappa shape index (κ2) is 6.59. The van der Waals surface area contributed by atoms with Crippen molar-refractivity contribution in [2.24, 2.45) is 0 Å². The molecule has 0 bridgehead atoms. The summed E-state index contributed by atoms with van der Waals surface area (Å²) >= 11 is 1.64. The molecule has 0 aliphatic carbocycles. The van der Waals surface area contributed by atoms with E-state index in [2.05, 4.69) is 10.6 Å². The minimum Gasteiger partial charge on any atom is -0.480 e. The van der Waals surface area contributed by atoms with Gasteiger partial charge in [-0.3, -0.25) is 9.59 Å². The molecule has 140 valence electrons. The van der Waals surface area contributed by atoms with Crippen molar-refractivity contribution in [2.45, 2.75) is 44.2 Å². The number of carbonyl (C=O) groups is 3. The number of anilines is 1. The van der Waals surface area contributed by atoms with Crippen LogP contribution < -0.4 is 10.6 Å². The summed E-state index contributed by atoms with van der Waals surface area (Å²) in [7, 11) is 0. The van der Waals surface area contributed by atoms with Crippen LogP contribution in [0.4, 0.5) is 5.69 Å². The Morgan fingerprint density at radius 2 is 1.92 bits per heavy atom. The van der Waals surface area contributed by atoms with Crippen LogP contribution in [0.5, 0.6) is 0 Å². The highest BCUT2D eigenvalue weighted by molar-refractivity contribution is 7.99. The van der Waals surface area contributed by atoms with Crippen LogP contribution in [0.1, 0.15) is 36.0 Å². The zero-order valence-electron chi connectivity index (χ0n) is 14.7. The first-order chi connectivity index (χ1) is 12.2. The first-order valence-electron chi connectivity index (χ1n) is 8.46. The third-order valence-corrected chi connectivity index (χ3v) is 6.08. The maximum Gasteiger partial charge on any atom is 0.329 e. The van der Waals surface area contributed by atoms with Crippen LogP contribution in [-0.2, 0) is 20.0 Å². The number of fused-ring (bicyclic) bond motifs is 1. The molecule has 0 spiro atoms. The molecule has 2 amide bonds. The molecule has 1 atom stereocenters. The highest BCUT2D eigenvalue weighted by atomic mass is 32.2. The topological polar surface area (TPSA) is 116 Å². The molecule has 4 N–H and O–H groups in total. The third-order valence-electron chi connectivity index (χ3n) is 5.09. The summed E-state index contributed by atoms with van der Waals surface area (Å²) in [5.41, 5.74) is -0.797. The molecule has 2 aliphatic heterocycles. The average molecular weight is 378 g/mol. The van der Waals surface area contributed by atoms with Gasteiger partial charge in [-0.25, -0.2) is 4.79 Å². The Kier molecular flexibility index (Phi) is 4.74. The van der Waals surface area contributed by atoms with Crippen LogP contribution in [0.2, 0.25) is 0 Å². The summed E-state index contributed by atoms with van der Waals surface area (Å²) in [6.45, 7) is 3.66. The molecule has 8 heteroatoms. The molecule has 2 heterocycles. The van der Waals surface area contributed by atoms with Gasteiger partial charge < -0.3 is 20.8 Å². The number of aryl methyl sites for hydroxylation is 2. The Bertz CT molecular complexity index is 788. The fraction of sp³-hybridized carbons (Fsp3) is 0.500. The maximum atomic E-state index is 12.6. The van der Waals surface area contributed by atoms with Gasteiger partial charge >= 0.3 is 5.97 Å². The second-order valence-corrected chi connectivity index (χ2v) is 8.27. The van der Waals surface area contributed by atoms with Crippen LogP contribution in [0.15, 0.2) is 12.1 Å². The molecule has 0 radical (unpaired) electrons. The standard InChI is InChI=1S/C18H22N2O5S/c1-10-7-11(2)14-12(8-10)18(25,15(22)19-14)9-13(21)20-17(16(23)24)3-5-26-6-4-17/h7-8,25H,3-6,9H2,1-2H3,(H,19,22)(H,20,21)(H,23,24). The van der Waals surface area contributed by atoms with Gasteiger partial charge in [0.25, 0.3) is 5.91 Å². The maximum absolute atomic E-state index is 12.6. The Labute approximate surface area is 155 Å². The molecular formula is C18H22N2O5S. The number of benzene rings is 1. The van der Waals surface area contributed by atoms with Crippen LogP contribution in [0.25, 0.3) is 0 Å². The van der Waals surface area contributed by atoms with Crippen LogP contribution in [0.3, 0.4) is 0 Å². The molecule has 7 nitrogen and oxygen atoms in total. The quantitative estimate of drug-likeness (QED) is 0.628. The molecule has 1 fully saturated rings. The first kappa shape index (κ1) is 18.7. The van der Waals surface area contributed by atoms with E-state index >= 15 is 0 Å². The van der Waals surface area contributed by atoms with E-state index in [0.29, 0.717) is 35.6 Å². The van der Waals surface area contributed by atoms with Gasteiger partial charge in [-0.2, -0.15) is 11.8 Å². The van der Waals surface area contributed by atoms with Crippen molar-refractivity contribution < 1.29 is 24.6 Å². The van der Waals surface area contributed by atoms with Gasteiger partial charge in [-0.1, -0.05) is 17.7 Å². The molecule has 1 aromatic rings. The van der Waals surface area contributed by atoms with Crippen LogP contribution in [-0.4, -0.2) is 45.0 Å². The van der Waals surface area contributed by atoms with Crippen molar-refractivity contribution in [3.63, 3.8) is 0 Å². The van der Waals surface area contributed by atoms with E-state index < -0.39 is 35.3 Å². The van der Waals surface area contributed by atoms with E-state index in [0.717, 1.165) is 11.1 Å². The van der Waals surface area contributed by atoms with Gasteiger partial charge in [-0.15, -0.1) is 0 Å². The Morgan fingerprint density at radius 3 is 2.54 bits per heavy atom. The van der Waals surface area contributed by atoms with E-state index in [1.807, 2.05) is 19.9 Å². The number of nitrogens with one attached hydrogen (secondary N) is 2. The van der Waals surface area contributed by atoms with E-state index in [1.165, 1.54) is 0 Å². The van der Waals surface area contributed by atoms with E-state index in [-0.39, 0.29) is 0 Å². The van der Waals surface area contributed by atoms with Crippen molar-refractivity contribution in [3.05, 3.63) is 28.8 Å². The molecule has 0 aromatic heterocycles. The number of aliphatic hydroxyl groups is 1. The lowest BCUT2D eigenvalue weighted by molar-refractivity contribution is -0.150. The second-order valence-electron chi connectivity index (χ2n) is 7.04. The summed E-state index contributed by atoms with van der Waals surface area (Å²) in [5.74, 6) is -1.12. The number of amides is 2. The number of aliphatic carboxylic acids is 1. The molecule has 0 saturated carbocycles. The highest BCUT2D eigenvalue weighted by Crippen LogP contribution is 2.41. The fourth-order valence-corrected chi connectivity index (χ4v) is 4.82.